The Morgan fingerprint density at radius 3 is 2.62 bits per heavy atom. The van der Waals surface area contributed by atoms with Gasteiger partial charge in [0.15, 0.2) is 5.82 Å². The van der Waals surface area contributed by atoms with Crippen LogP contribution in [0.2, 0.25) is 0 Å². The number of hydrogen-bond donors (Lipinski definition) is 1. The van der Waals surface area contributed by atoms with Gasteiger partial charge in [-0.2, -0.15) is 0 Å². The van der Waals surface area contributed by atoms with Gasteiger partial charge in [-0.05, 0) is 94.7 Å². The van der Waals surface area contributed by atoms with Crippen LogP contribution in [0, 0.1) is 13.8 Å². The maximum absolute atomic E-state index is 13.6. The molecule has 2 aromatic heterocycles. The van der Waals surface area contributed by atoms with E-state index in [0.717, 1.165) is 46.4 Å². The largest absolute Gasteiger partial charge is 0.497 e. The molecule has 186 valence electrons. The highest BCUT2D eigenvalue weighted by atomic mass is 16.5. The van der Waals surface area contributed by atoms with Crippen molar-refractivity contribution in [3.05, 3.63) is 111 Å². The second-order valence-electron chi connectivity index (χ2n) is 9.59. The topological polar surface area (TPSA) is 88.9 Å². The number of nitrogens with one attached hydrogen (secondary N) is 1. The minimum Gasteiger partial charge on any atom is -0.497 e. The minimum atomic E-state index is -0.452. The van der Waals surface area contributed by atoms with E-state index in [1.807, 2.05) is 42.5 Å². The lowest BCUT2D eigenvalue weighted by molar-refractivity contribution is 0.414. The van der Waals surface area contributed by atoms with E-state index in [1.54, 1.807) is 11.8 Å². The van der Waals surface area contributed by atoms with Crippen molar-refractivity contribution in [2.45, 2.75) is 32.9 Å². The number of aromatic nitrogens is 5. The molecular weight excluding hydrogens is 464 g/mol. The zero-order valence-corrected chi connectivity index (χ0v) is 21.1. The van der Waals surface area contributed by atoms with Crippen molar-refractivity contribution in [2.75, 3.05) is 18.6 Å². The summed E-state index contributed by atoms with van der Waals surface area (Å²) in [7, 11) is 1.65. The van der Waals surface area contributed by atoms with Gasteiger partial charge in [-0.15, -0.1) is 5.10 Å². The average molecular weight is 493 g/mol. The quantitative estimate of drug-likeness (QED) is 0.379. The fourth-order valence-electron chi connectivity index (χ4n) is 5.20. The summed E-state index contributed by atoms with van der Waals surface area (Å²) in [5.74, 6) is 1.42. The van der Waals surface area contributed by atoms with Gasteiger partial charge in [-0.25, -0.2) is 4.68 Å². The zero-order chi connectivity index (χ0) is 25.5. The maximum atomic E-state index is 13.6. The van der Waals surface area contributed by atoms with Crippen LogP contribution in [-0.2, 0) is 13.0 Å². The fraction of sp³-hybridized carbons (Fsp3) is 0.241. The highest BCUT2D eigenvalue weighted by Crippen LogP contribution is 2.37. The Morgan fingerprint density at radius 1 is 1.03 bits per heavy atom. The summed E-state index contributed by atoms with van der Waals surface area (Å²) in [6.45, 7) is 5.38. The lowest BCUT2D eigenvalue weighted by Crippen LogP contribution is -2.34. The van der Waals surface area contributed by atoms with Crippen molar-refractivity contribution < 1.29 is 4.74 Å². The van der Waals surface area contributed by atoms with Gasteiger partial charge in [0.2, 0.25) is 0 Å². The number of hydrogen-bond acceptors (Lipinski definition) is 6. The molecule has 0 bridgehead atoms. The Hall–Kier alpha value is -4.46. The smallest absolute Gasteiger partial charge is 0.254 e. The molecule has 0 saturated carbocycles. The van der Waals surface area contributed by atoms with Crippen LogP contribution in [0.4, 0.5) is 5.69 Å². The number of para-hydroxylation sites is 1. The maximum Gasteiger partial charge on any atom is 0.254 e. The van der Waals surface area contributed by atoms with Gasteiger partial charge in [0.25, 0.3) is 5.56 Å². The SMILES string of the molecule is COc1ccc(Cn2nnnc2C(c2cc3cc(C)c(C)cc3[nH]c2=O)N2CCc3ccccc32)cc1. The molecule has 6 rings (SSSR count). The molecule has 1 atom stereocenters. The van der Waals surface area contributed by atoms with Crippen molar-refractivity contribution >= 4 is 16.6 Å². The molecule has 5 aromatic rings. The van der Waals surface area contributed by atoms with Crippen LogP contribution >= 0.6 is 0 Å². The van der Waals surface area contributed by atoms with E-state index in [9.17, 15) is 4.79 Å². The number of ether oxygens (including phenoxy) is 1. The molecule has 3 aromatic carbocycles. The number of aromatic amines is 1. The number of nitrogens with zero attached hydrogens (tertiary/aromatic N) is 5. The van der Waals surface area contributed by atoms with Crippen LogP contribution in [0.5, 0.6) is 5.75 Å². The van der Waals surface area contributed by atoms with Gasteiger partial charge in [0.05, 0.1) is 13.7 Å². The number of rotatable bonds is 6. The number of methoxy groups -OCH3 is 1. The molecule has 1 aliphatic heterocycles. The Morgan fingerprint density at radius 2 is 1.81 bits per heavy atom. The third-order valence-electron chi connectivity index (χ3n) is 7.31. The van der Waals surface area contributed by atoms with Gasteiger partial charge in [-0.3, -0.25) is 4.79 Å². The summed E-state index contributed by atoms with van der Waals surface area (Å²) in [5, 5.41) is 13.8. The van der Waals surface area contributed by atoms with Gasteiger partial charge < -0.3 is 14.6 Å². The molecule has 0 spiro atoms. The van der Waals surface area contributed by atoms with Crippen LogP contribution in [0.3, 0.4) is 0 Å². The standard InChI is InChI=1S/C29H28N6O2/c1-18-14-22-16-24(29(36)30-25(22)15-19(18)2)27(34-13-12-21-6-4-5-7-26(21)34)28-31-32-33-35(28)17-20-8-10-23(37-3)11-9-20/h4-11,14-16,27H,12-13,17H2,1-3H3,(H,30,36). The normalized spacial score (nSPS) is 13.6. The number of benzene rings is 3. The molecule has 1 N–H and O–H groups in total. The molecule has 37 heavy (non-hydrogen) atoms. The summed E-state index contributed by atoms with van der Waals surface area (Å²) in [6.07, 6.45) is 0.899. The van der Waals surface area contributed by atoms with Crippen molar-refractivity contribution in [3.8, 4) is 5.75 Å². The summed E-state index contributed by atoms with van der Waals surface area (Å²) in [6, 6.07) is 21.9. The van der Waals surface area contributed by atoms with Crippen LogP contribution in [-0.4, -0.2) is 38.8 Å². The number of aryl methyl sites for hydroxylation is 2. The van der Waals surface area contributed by atoms with E-state index in [-0.39, 0.29) is 5.56 Å². The zero-order valence-electron chi connectivity index (χ0n) is 21.1. The number of tetrazole rings is 1. The van der Waals surface area contributed by atoms with Crippen molar-refractivity contribution in [2.24, 2.45) is 0 Å². The van der Waals surface area contributed by atoms with E-state index in [0.29, 0.717) is 17.9 Å². The van der Waals surface area contributed by atoms with Crippen molar-refractivity contribution in [1.82, 2.24) is 25.2 Å². The molecule has 0 radical (unpaired) electrons. The second kappa shape index (κ2) is 9.20. The van der Waals surface area contributed by atoms with Gasteiger partial charge in [0.1, 0.15) is 11.8 Å². The second-order valence-corrected chi connectivity index (χ2v) is 9.59. The highest BCUT2D eigenvalue weighted by Gasteiger charge is 2.34. The summed E-state index contributed by atoms with van der Waals surface area (Å²) in [4.78, 5) is 19.0. The molecule has 0 amide bonds. The predicted molar refractivity (Wildman–Crippen MR) is 143 cm³/mol. The van der Waals surface area contributed by atoms with Gasteiger partial charge in [-0.1, -0.05) is 30.3 Å². The Bertz CT molecular complexity index is 1650. The minimum absolute atomic E-state index is 0.135. The van der Waals surface area contributed by atoms with Gasteiger partial charge >= 0.3 is 0 Å². The monoisotopic (exact) mass is 492 g/mol. The van der Waals surface area contributed by atoms with Gasteiger partial charge in [0, 0.05) is 23.3 Å². The fourth-order valence-corrected chi connectivity index (χ4v) is 5.20. The summed E-state index contributed by atoms with van der Waals surface area (Å²) >= 11 is 0. The van der Waals surface area contributed by atoms with Crippen molar-refractivity contribution in [3.63, 3.8) is 0 Å². The molecule has 1 aliphatic rings. The van der Waals surface area contributed by atoms with Crippen LogP contribution in [0.15, 0.2) is 71.5 Å². The molecular formula is C29H28N6O2. The van der Waals surface area contributed by atoms with E-state index in [4.69, 9.17) is 4.74 Å². The number of pyridine rings is 1. The number of fused-ring (bicyclic) bond motifs is 2. The Labute approximate surface area is 214 Å². The first-order chi connectivity index (χ1) is 18.0. The molecule has 0 aliphatic carbocycles. The van der Waals surface area contributed by atoms with E-state index in [2.05, 4.69) is 63.5 Å². The molecule has 0 fully saturated rings. The van der Waals surface area contributed by atoms with E-state index < -0.39 is 6.04 Å². The average Bonchev–Trinajstić information content (AvgIpc) is 3.54. The molecule has 8 heteroatoms. The lowest BCUT2D eigenvalue weighted by atomic mass is 10.0. The first-order valence-corrected chi connectivity index (χ1v) is 12.4. The number of H-pyrrole nitrogens is 1. The molecule has 1 unspecified atom stereocenters. The highest BCUT2D eigenvalue weighted by molar-refractivity contribution is 5.81. The first kappa shape index (κ1) is 23.0. The van der Waals surface area contributed by atoms with Crippen LogP contribution in [0.25, 0.3) is 10.9 Å². The lowest BCUT2D eigenvalue weighted by Gasteiger charge is -2.29. The van der Waals surface area contributed by atoms with Crippen LogP contribution in [0.1, 0.15) is 39.7 Å². The van der Waals surface area contributed by atoms with E-state index in [1.165, 1.54) is 11.1 Å². The van der Waals surface area contributed by atoms with E-state index >= 15 is 0 Å². The Kier molecular flexibility index (Phi) is 5.71. The summed E-state index contributed by atoms with van der Waals surface area (Å²) < 4.78 is 7.09. The molecule has 0 saturated heterocycles. The summed E-state index contributed by atoms with van der Waals surface area (Å²) in [5.41, 5.74) is 7.03. The predicted octanol–water partition coefficient (Wildman–Crippen LogP) is 4.34. The Balaban J connectivity index is 1.50. The van der Waals surface area contributed by atoms with Crippen molar-refractivity contribution in [1.29, 1.82) is 0 Å². The number of anilines is 1. The first-order valence-electron chi connectivity index (χ1n) is 12.4. The molecule has 3 heterocycles. The molecule has 8 nitrogen and oxygen atoms in total. The van der Waals surface area contributed by atoms with Crippen LogP contribution < -0.4 is 15.2 Å². The third kappa shape index (κ3) is 4.14. The third-order valence-corrected chi connectivity index (χ3v) is 7.31.